The fourth-order valence-corrected chi connectivity index (χ4v) is 0.704. The number of rotatable bonds is 6. The lowest BCUT2D eigenvalue weighted by molar-refractivity contribution is 0.162. The Labute approximate surface area is 121 Å². The summed E-state index contributed by atoms with van der Waals surface area (Å²) in [6.07, 6.45) is 6.41. The molecule has 0 aliphatic heterocycles. The average molecular weight is 284 g/mol. The van der Waals surface area contributed by atoms with E-state index in [1.165, 1.54) is 25.7 Å². The van der Waals surface area contributed by atoms with Gasteiger partial charge in [0.25, 0.3) is 0 Å². The summed E-state index contributed by atoms with van der Waals surface area (Å²) in [5.74, 6) is 0. The molecule has 0 aliphatic carbocycles. The van der Waals surface area contributed by atoms with Crippen LogP contribution in [0.5, 0.6) is 0 Å². The van der Waals surface area contributed by atoms with Crippen LogP contribution >= 0.6 is 0 Å². The van der Waals surface area contributed by atoms with Crippen molar-refractivity contribution < 1.29 is 20.4 Å². The van der Waals surface area contributed by atoms with Crippen molar-refractivity contribution >= 4 is 0 Å². The number of ether oxygens (including phenoxy) is 1. The first-order valence-corrected chi connectivity index (χ1v) is 7.45. The quantitative estimate of drug-likeness (QED) is 0.735. The van der Waals surface area contributed by atoms with E-state index in [1.54, 1.807) is 6.92 Å². The van der Waals surface area contributed by atoms with E-state index >= 15 is 0 Å². The van der Waals surface area contributed by atoms with Crippen LogP contribution in [0.4, 0.5) is 0 Å². The smallest absolute Gasteiger partial charge is 0.0437 e. The molecule has 0 unspecified atom stereocenters. The summed E-state index contributed by atoms with van der Waals surface area (Å²) >= 11 is 0. The molecule has 0 aromatic rings. The number of hydrogen-bond donors (Lipinski definition) is 2. The molecule has 124 valence electrons. The Morgan fingerprint density at radius 2 is 0.947 bits per heavy atom. The molecular formula is C15H40O4. The third-order valence-electron chi connectivity index (χ3n) is 1.59. The predicted molar refractivity (Wildman–Crippen MR) is 85.7 cm³/mol. The van der Waals surface area contributed by atoms with Crippen LogP contribution in [0.2, 0.25) is 0 Å². The van der Waals surface area contributed by atoms with Gasteiger partial charge >= 0.3 is 0 Å². The SMILES string of the molecule is CCCCCC.CCCO.CCO.CCOCC.O. The molecule has 4 nitrogen and oxygen atoms in total. The standard InChI is InChI=1S/C6H14.C4H10O.C3H8O.C2H6O.H2O/c1-3-5-6-4-2;1-3-5-4-2;1-2-3-4;1-2-3;/h3-6H2,1-2H3;3-4H2,1-2H3;4H,2-3H2,1H3;3H,2H2,1H3;1H2. The van der Waals surface area contributed by atoms with E-state index in [0.29, 0.717) is 6.61 Å². The highest BCUT2D eigenvalue weighted by Gasteiger charge is 1.75. The highest BCUT2D eigenvalue weighted by Crippen LogP contribution is 1.95. The zero-order valence-corrected chi connectivity index (χ0v) is 14.2. The molecule has 0 aromatic heterocycles. The molecule has 0 radical (unpaired) electrons. The highest BCUT2D eigenvalue weighted by atomic mass is 16.5. The Balaban J connectivity index is -0.0000000464. The Morgan fingerprint density at radius 3 is 1.00 bits per heavy atom. The van der Waals surface area contributed by atoms with Gasteiger partial charge in [-0.2, -0.15) is 0 Å². The van der Waals surface area contributed by atoms with Crippen LogP contribution in [0.25, 0.3) is 0 Å². The largest absolute Gasteiger partial charge is 0.412 e. The van der Waals surface area contributed by atoms with Gasteiger partial charge in [-0.15, -0.1) is 0 Å². The summed E-state index contributed by atoms with van der Waals surface area (Å²) < 4.78 is 4.83. The van der Waals surface area contributed by atoms with Crippen molar-refractivity contribution in [3.8, 4) is 0 Å². The zero-order valence-electron chi connectivity index (χ0n) is 14.2. The minimum atomic E-state index is 0. The van der Waals surface area contributed by atoms with Crippen molar-refractivity contribution in [1.29, 1.82) is 0 Å². The van der Waals surface area contributed by atoms with E-state index < -0.39 is 0 Å². The second-order valence-corrected chi connectivity index (χ2v) is 3.53. The normalized spacial score (nSPS) is 7.58. The van der Waals surface area contributed by atoms with E-state index in [2.05, 4.69) is 13.8 Å². The maximum absolute atomic E-state index is 7.88. The van der Waals surface area contributed by atoms with E-state index in [1.807, 2.05) is 20.8 Å². The van der Waals surface area contributed by atoms with Crippen LogP contribution in [-0.4, -0.2) is 42.1 Å². The minimum Gasteiger partial charge on any atom is -0.412 e. The third-order valence-corrected chi connectivity index (χ3v) is 1.59. The predicted octanol–water partition coefficient (Wildman–Crippen LogP) is 3.19. The molecule has 0 aliphatic rings. The fraction of sp³-hybridized carbons (Fsp3) is 1.00. The van der Waals surface area contributed by atoms with Gasteiger partial charge in [0.05, 0.1) is 0 Å². The second kappa shape index (κ2) is 52.3. The van der Waals surface area contributed by atoms with Gasteiger partial charge in [-0.1, -0.05) is 46.5 Å². The Kier molecular flexibility index (Phi) is 86.1. The average Bonchev–Trinajstić information content (AvgIpc) is 2.39. The summed E-state index contributed by atoms with van der Waals surface area (Å²) in [4.78, 5) is 0. The monoisotopic (exact) mass is 284 g/mol. The molecule has 0 spiro atoms. The minimum absolute atomic E-state index is 0. The van der Waals surface area contributed by atoms with Gasteiger partial charge in [0, 0.05) is 26.4 Å². The lowest BCUT2D eigenvalue weighted by Gasteiger charge is -1.86. The summed E-state index contributed by atoms with van der Waals surface area (Å²) in [6, 6.07) is 0. The van der Waals surface area contributed by atoms with Gasteiger partial charge in [-0.05, 0) is 27.2 Å². The first-order valence-electron chi connectivity index (χ1n) is 7.45. The van der Waals surface area contributed by atoms with Crippen LogP contribution in [0, 0.1) is 0 Å². The van der Waals surface area contributed by atoms with Gasteiger partial charge in [0.15, 0.2) is 0 Å². The van der Waals surface area contributed by atoms with Crippen molar-refractivity contribution in [3.63, 3.8) is 0 Å². The molecule has 0 bridgehead atoms. The second-order valence-electron chi connectivity index (χ2n) is 3.53. The van der Waals surface area contributed by atoms with Crippen LogP contribution < -0.4 is 0 Å². The van der Waals surface area contributed by atoms with Gasteiger partial charge in [-0.25, -0.2) is 0 Å². The van der Waals surface area contributed by atoms with Gasteiger partial charge in [0.1, 0.15) is 0 Å². The highest BCUT2D eigenvalue weighted by molar-refractivity contribution is 4.31. The van der Waals surface area contributed by atoms with E-state index in [-0.39, 0.29) is 12.1 Å². The maximum atomic E-state index is 7.88. The number of aliphatic hydroxyl groups is 2. The van der Waals surface area contributed by atoms with Crippen molar-refractivity contribution in [2.24, 2.45) is 0 Å². The summed E-state index contributed by atoms with van der Waals surface area (Å²) in [5.41, 5.74) is 0. The third kappa shape index (κ3) is 131. The van der Waals surface area contributed by atoms with E-state index in [9.17, 15) is 0 Å². The molecule has 0 rings (SSSR count). The van der Waals surface area contributed by atoms with E-state index in [4.69, 9.17) is 14.9 Å². The molecule has 0 aromatic carbocycles. The Hall–Kier alpha value is -0.160. The molecular weight excluding hydrogens is 244 g/mol. The van der Waals surface area contributed by atoms with Crippen LogP contribution in [0.1, 0.15) is 73.6 Å². The van der Waals surface area contributed by atoms with Crippen molar-refractivity contribution in [3.05, 3.63) is 0 Å². The molecule has 4 heteroatoms. The van der Waals surface area contributed by atoms with Gasteiger partial charge < -0.3 is 20.4 Å². The molecule has 0 fully saturated rings. The molecule has 0 saturated heterocycles. The van der Waals surface area contributed by atoms with Crippen LogP contribution in [-0.2, 0) is 4.74 Å². The maximum Gasteiger partial charge on any atom is 0.0437 e. The number of hydrogen-bond acceptors (Lipinski definition) is 3. The van der Waals surface area contributed by atoms with Crippen molar-refractivity contribution in [2.45, 2.75) is 73.6 Å². The first-order chi connectivity index (χ1) is 8.66. The fourth-order valence-electron chi connectivity index (χ4n) is 0.704. The lowest BCUT2D eigenvalue weighted by Crippen LogP contribution is -1.84. The molecule has 19 heavy (non-hydrogen) atoms. The van der Waals surface area contributed by atoms with Crippen LogP contribution in [0.15, 0.2) is 0 Å². The Morgan fingerprint density at radius 1 is 0.684 bits per heavy atom. The first kappa shape index (κ1) is 31.3. The van der Waals surface area contributed by atoms with Crippen molar-refractivity contribution in [2.75, 3.05) is 26.4 Å². The number of unbranched alkanes of at least 4 members (excludes halogenated alkanes) is 3. The van der Waals surface area contributed by atoms with Gasteiger partial charge in [-0.3, -0.25) is 0 Å². The molecule has 0 amide bonds. The summed E-state index contributed by atoms with van der Waals surface area (Å²) in [5, 5.41) is 15.4. The molecule has 0 atom stereocenters. The van der Waals surface area contributed by atoms with E-state index in [0.717, 1.165) is 19.6 Å². The topological polar surface area (TPSA) is 81.2 Å². The Bertz CT molecular complexity index is 72.5. The van der Waals surface area contributed by atoms with Crippen molar-refractivity contribution in [1.82, 2.24) is 0 Å². The molecule has 0 saturated carbocycles. The van der Waals surface area contributed by atoms with Crippen LogP contribution in [0.3, 0.4) is 0 Å². The lowest BCUT2D eigenvalue weighted by atomic mass is 10.2. The number of aliphatic hydroxyl groups excluding tert-OH is 2. The van der Waals surface area contributed by atoms with Gasteiger partial charge in [0.2, 0.25) is 0 Å². The summed E-state index contributed by atoms with van der Waals surface area (Å²) in [6.45, 7) is 14.3. The molecule has 0 heterocycles. The molecule has 4 N–H and O–H groups in total. The zero-order chi connectivity index (χ0) is 15.1. The summed E-state index contributed by atoms with van der Waals surface area (Å²) in [7, 11) is 0.